The highest BCUT2D eigenvalue weighted by molar-refractivity contribution is 5.85. The molecule has 0 aliphatic heterocycles. The van der Waals surface area contributed by atoms with Crippen LogP contribution in [0.2, 0.25) is 0 Å². The van der Waals surface area contributed by atoms with Gasteiger partial charge in [-0.1, -0.05) is 0 Å². The average molecular weight is 130 g/mol. The minimum Gasteiger partial charge on any atom is -0.480 e. The molecular formula is C3H8ClNO2. The van der Waals surface area contributed by atoms with Crippen LogP contribution in [0.4, 0.5) is 0 Å². The molecule has 4 heteroatoms. The smallest absolute Gasteiger partial charge is 0.320 e. The molecule has 0 aromatic carbocycles. The molecule has 0 saturated carbocycles. The van der Waals surface area contributed by atoms with Gasteiger partial charge in [0.1, 0.15) is 6.04 Å². The number of hydrogen-bond donors (Lipinski definition) is 2. The van der Waals surface area contributed by atoms with E-state index in [1.165, 1.54) is 6.92 Å². The highest BCUT2D eigenvalue weighted by Crippen LogP contribution is 1.68. The van der Waals surface area contributed by atoms with Crippen molar-refractivity contribution < 1.29 is 9.90 Å². The van der Waals surface area contributed by atoms with Crippen molar-refractivity contribution in [2.75, 3.05) is 0 Å². The summed E-state index contributed by atoms with van der Waals surface area (Å²) in [5.41, 5.74) is 4.84. The number of halogens is 1. The van der Waals surface area contributed by atoms with E-state index in [1.807, 2.05) is 0 Å². The molecule has 0 heterocycles. The zero-order valence-electron chi connectivity index (χ0n) is 3.92. The van der Waals surface area contributed by atoms with Gasteiger partial charge in [-0.15, -0.1) is 12.4 Å². The number of hydrogen-bond acceptors (Lipinski definition) is 2. The molecule has 0 aliphatic rings. The van der Waals surface area contributed by atoms with E-state index < -0.39 is 12.0 Å². The van der Waals surface area contributed by atoms with Gasteiger partial charge < -0.3 is 10.8 Å². The Kier molecular flexibility index (Phi) is 5.49. The lowest BCUT2D eigenvalue weighted by molar-refractivity contribution is -0.138. The Labute approximate surface area is 47.9 Å². The van der Waals surface area contributed by atoms with Crippen LogP contribution >= 0.6 is 12.4 Å². The predicted molar refractivity (Wildman–Crippen MR) is 28.5 cm³/mol. The van der Waals surface area contributed by atoms with E-state index in [4.69, 9.17) is 10.8 Å². The summed E-state index contributed by atoms with van der Waals surface area (Å²) >= 11 is 0. The molecule has 3 nitrogen and oxygen atoms in total. The van der Waals surface area contributed by atoms with Crippen LogP contribution in [0.15, 0.2) is 0 Å². The Hall–Kier alpha value is -0.280. The van der Waals surface area contributed by atoms with E-state index in [1.54, 1.807) is 0 Å². The lowest BCUT2D eigenvalue weighted by Gasteiger charge is -1.90. The second kappa shape index (κ2) is 3.89. The molecule has 0 amide bonds. The van der Waals surface area contributed by atoms with Gasteiger partial charge in [0.25, 0.3) is 0 Å². The van der Waals surface area contributed by atoms with Crippen LogP contribution in [0, 0.1) is 0 Å². The lowest BCUT2D eigenvalue weighted by atomic mass is 11.4. The van der Waals surface area contributed by atoms with E-state index in [0.717, 1.165) is 0 Å². The maximum absolute atomic E-state index is 9.57. The summed E-state index contributed by atoms with van der Waals surface area (Å²) in [5, 5.41) is 7.87. The molecular weight excluding hydrogens is 121 g/mol. The van der Waals surface area contributed by atoms with E-state index >= 15 is 0 Å². The molecule has 0 aromatic rings. The fourth-order valence-corrected chi connectivity index (χ4v) is 0. The Balaban J connectivity index is 0. The van der Waals surface area contributed by atoms with Crippen LogP contribution in [0.5, 0.6) is 0 Å². The van der Waals surface area contributed by atoms with Crippen molar-refractivity contribution in [3.8, 4) is 0 Å². The van der Waals surface area contributed by atoms with Gasteiger partial charge in [-0.2, -0.15) is 0 Å². The second-order valence-corrected chi connectivity index (χ2v) is 1.13. The highest BCUT2D eigenvalue weighted by atomic mass is 35.5. The molecule has 3 N–H and O–H groups in total. The van der Waals surface area contributed by atoms with Crippen LogP contribution < -0.4 is 5.73 Å². The standard InChI is InChI=1S/C3H7NO2.ClH/c1-2(4)3(5)6;/h2H,4H2,1H3,(H,5,6);1H/t2-;/m1./s1/i1+1,2+1,3+1,4+1;. The molecule has 0 bridgehead atoms. The van der Waals surface area contributed by atoms with Gasteiger partial charge in [0, 0.05) is 0 Å². The third-order valence-electron chi connectivity index (χ3n) is 0.390. The van der Waals surface area contributed by atoms with Crippen molar-refractivity contribution in [1.82, 2.24) is 0 Å². The molecule has 0 unspecified atom stereocenters. The van der Waals surface area contributed by atoms with Gasteiger partial charge in [-0.3, -0.25) is 4.79 Å². The Morgan fingerprint density at radius 3 is 2.00 bits per heavy atom. The first-order valence-corrected chi connectivity index (χ1v) is 1.63. The zero-order valence-corrected chi connectivity index (χ0v) is 4.73. The Morgan fingerprint density at radius 2 is 2.00 bits per heavy atom. The lowest BCUT2D eigenvalue weighted by Crippen LogP contribution is -2.25. The van der Waals surface area contributed by atoms with Crippen LogP contribution in [-0.4, -0.2) is 17.1 Å². The molecule has 0 saturated heterocycles. The largest absolute Gasteiger partial charge is 0.480 e. The Bertz CT molecular complexity index is 64.0. The number of nitrogens with two attached hydrogens (primary N) is 1. The van der Waals surface area contributed by atoms with Gasteiger partial charge in [0.2, 0.25) is 0 Å². The maximum Gasteiger partial charge on any atom is 0.320 e. The number of carbonyl (C=O) groups is 1. The van der Waals surface area contributed by atoms with Crippen molar-refractivity contribution in [2.24, 2.45) is 5.73 Å². The van der Waals surface area contributed by atoms with E-state index in [0.29, 0.717) is 0 Å². The van der Waals surface area contributed by atoms with E-state index in [-0.39, 0.29) is 12.4 Å². The SMILES string of the molecule is Cl.[13CH3][13C@@H]([15NH2])[13C](=O)O. The second-order valence-electron chi connectivity index (χ2n) is 1.13. The molecule has 0 spiro atoms. The summed E-state index contributed by atoms with van der Waals surface area (Å²) in [5.74, 6) is -0.963. The molecule has 0 aliphatic carbocycles. The number of aliphatic carboxylic acids is 1. The topological polar surface area (TPSA) is 63.3 Å². The normalized spacial score (nSPS) is 11.7. The predicted octanol–water partition coefficient (Wildman–Crippen LogP) is -0.160. The van der Waals surface area contributed by atoms with Crippen molar-refractivity contribution >= 4 is 18.4 Å². The summed E-state index contributed by atoms with van der Waals surface area (Å²) in [6.07, 6.45) is 0. The Morgan fingerprint density at radius 1 is 1.86 bits per heavy atom. The van der Waals surface area contributed by atoms with Gasteiger partial charge in [-0.05, 0) is 6.92 Å². The monoisotopic (exact) mass is 129 g/mol. The van der Waals surface area contributed by atoms with Crippen LogP contribution in [-0.2, 0) is 4.79 Å². The van der Waals surface area contributed by atoms with Crippen molar-refractivity contribution in [1.29, 1.82) is 0 Å². The fraction of sp³-hybridized carbons (Fsp3) is 0.667. The van der Waals surface area contributed by atoms with Crippen LogP contribution in [0.1, 0.15) is 6.92 Å². The quantitative estimate of drug-likeness (QED) is 0.382. The minimum atomic E-state index is -0.963. The van der Waals surface area contributed by atoms with Crippen LogP contribution in [0.25, 0.3) is 0 Å². The van der Waals surface area contributed by atoms with Crippen molar-refractivity contribution in [3.05, 3.63) is 0 Å². The molecule has 0 rings (SSSR count). The summed E-state index contributed by atoms with van der Waals surface area (Å²) in [7, 11) is 0. The summed E-state index contributed by atoms with van der Waals surface area (Å²) in [6.45, 7) is 1.42. The van der Waals surface area contributed by atoms with E-state index in [2.05, 4.69) is 0 Å². The van der Waals surface area contributed by atoms with Crippen molar-refractivity contribution in [2.45, 2.75) is 13.0 Å². The molecule has 1 atom stereocenters. The zero-order chi connectivity index (χ0) is 5.15. The van der Waals surface area contributed by atoms with E-state index in [9.17, 15) is 4.79 Å². The first-order valence-electron chi connectivity index (χ1n) is 1.63. The summed E-state index contributed by atoms with van der Waals surface area (Å²) < 4.78 is 0. The van der Waals surface area contributed by atoms with Gasteiger partial charge >= 0.3 is 5.97 Å². The van der Waals surface area contributed by atoms with Gasteiger partial charge in [-0.25, -0.2) is 0 Å². The van der Waals surface area contributed by atoms with Gasteiger partial charge in [0.15, 0.2) is 0 Å². The highest BCUT2D eigenvalue weighted by Gasteiger charge is 1.99. The molecule has 0 radical (unpaired) electrons. The molecule has 44 valence electrons. The minimum absolute atomic E-state index is 0. The first-order chi connectivity index (χ1) is 2.64. The number of carboxylic acid groups (broad SMARTS) is 1. The maximum atomic E-state index is 9.57. The number of carboxylic acids is 1. The first kappa shape index (κ1) is 9.87. The van der Waals surface area contributed by atoms with Crippen molar-refractivity contribution in [3.63, 3.8) is 0 Å². The fourth-order valence-electron chi connectivity index (χ4n) is 0. The molecule has 0 fully saturated rings. The molecule has 7 heavy (non-hydrogen) atoms. The summed E-state index contributed by atoms with van der Waals surface area (Å²) in [6, 6.07) is -0.731. The molecule has 0 aromatic heterocycles. The third kappa shape index (κ3) is 5.72. The van der Waals surface area contributed by atoms with Gasteiger partial charge in [0.05, 0.1) is 0 Å². The average Bonchev–Trinajstić information content (AvgIpc) is 1.36. The third-order valence-corrected chi connectivity index (χ3v) is 0.390. The number of rotatable bonds is 1. The van der Waals surface area contributed by atoms with Crippen LogP contribution in [0.3, 0.4) is 0 Å². The summed E-state index contributed by atoms with van der Waals surface area (Å²) in [4.78, 5) is 9.57.